The number of aromatic nitrogens is 4. The van der Waals surface area contributed by atoms with Crippen LogP contribution in [0, 0.1) is 6.92 Å². The Kier molecular flexibility index (Phi) is 6.04. The average Bonchev–Trinajstić information content (AvgIpc) is 3.56. The van der Waals surface area contributed by atoms with E-state index in [4.69, 9.17) is 4.74 Å². The summed E-state index contributed by atoms with van der Waals surface area (Å²) in [5.41, 5.74) is 3.04. The number of carbonyl (C=O) groups excluding carboxylic acids is 1. The molecular weight excluding hydrogens is 492 g/mol. The summed E-state index contributed by atoms with van der Waals surface area (Å²) >= 11 is 0. The molecule has 37 heavy (non-hydrogen) atoms. The summed E-state index contributed by atoms with van der Waals surface area (Å²) in [5, 5.41) is 0.418. The van der Waals surface area contributed by atoms with E-state index >= 15 is 0 Å². The molecule has 0 amide bonds. The van der Waals surface area contributed by atoms with Gasteiger partial charge in [-0.2, -0.15) is 0 Å². The lowest BCUT2D eigenvalue weighted by molar-refractivity contribution is 0.0601. The molecule has 9 nitrogen and oxygen atoms in total. The molecule has 0 radical (unpaired) electrons. The summed E-state index contributed by atoms with van der Waals surface area (Å²) in [6, 6.07) is 11.3. The number of hydrogen-bond acceptors (Lipinski definition) is 6. The third kappa shape index (κ3) is 4.05. The maximum Gasteiger partial charge on any atom is 0.337 e. The van der Waals surface area contributed by atoms with Gasteiger partial charge in [0.2, 0.25) is 0 Å². The van der Waals surface area contributed by atoms with Gasteiger partial charge < -0.3 is 14.3 Å². The third-order valence-electron chi connectivity index (χ3n) is 6.28. The van der Waals surface area contributed by atoms with Gasteiger partial charge in [0.05, 0.1) is 34.9 Å². The Morgan fingerprint density at radius 2 is 1.92 bits per heavy atom. The van der Waals surface area contributed by atoms with E-state index < -0.39 is 21.6 Å². The minimum absolute atomic E-state index is 0.00861. The van der Waals surface area contributed by atoms with Crippen LogP contribution in [-0.2, 0) is 21.3 Å². The van der Waals surface area contributed by atoms with Crippen LogP contribution in [0.3, 0.4) is 0 Å². The summed E-state index contributed by atoms with van der Waals surface area (Å²) in [5.74, 6) is -0.534. The van der Waals surface area contributed by atoms with Crippen molar-refractivity contribution in [1.29, 1.82) is 0 Å². The van der Waals surface area contributed by atoms with Gasteiger partial charge in [0, 0.05) is 35.5 Å². The fourth-order valence-corrected chi connectivity index (χ4v) is 5.73. The van der Waals surface area contributed by atoms with Gasteiger partial charge in [0.15, 0.2) is 0 Å². The molecular formula is C27H24N4O5S. The van der Waals surface area contributed by atoms with Crippen LogP contribution in [0.4, 0.5) is 0 Å². The van der Waals surface area contributed by atoms with Crippen LogP contribution in [0.5, 0.6) is 0 Å². The molecule has 0 fully saturated rings. The summed E-state index contributed by atoms with van der Waals surface area (Å²) in [7, 11) is -2.77. The molecule has 0 aliphatic rings. The smallest absolute Gasteiger partial charge is 0.337 e. The fraction of sp³-hybridized carbons (Fsp3) is 0.148. The molecule has 3 heterocycles. The first-order chi connectivity index (χ1) is 17.8. The molecule has 0 atom stereocenters. The number of benzene rings is 2. The number of pyridine rings is 1. The van der Waals surface area contributed by atoms with Gasteiger partial charge in [-0.3, -0.25) is 4.79 Å². The van der Waals surface area contributed by atoms with Crippen molar-refractivity contribution < 1.29 is 17.9 Å². The van der Waals surface area contributed by atoms with Crippen LogP contribution in [0.15, 0.2) is 83.5 Å². The molecule has 0 unspecified atom stereocenters. The summed E-state index contributed by atoms with van der Waals surface area (Å²) in [6.07, 6.45) is 6.74. The Morgan fingerprint density at radius 3 is 2.62 bits per heavy atom. The molecule has 5 aromatic rings. The Morgan fingerprint density at radius 1 is 1.16 bits per heavy atom. The normalized spacial score (nSPS) is 11.7. The number of nitrogens with one attached hydrogen (secondary N) is 1. The number of methoxy groups -OCH3 is 1. The number of fused-ring (bicyclic) bond motifs is 2. The van der Waals surface area contributed by atoms with Crippen molar-refractivity contribution in [3.8, 4) is 11.1 Å². The van der Waals surface area contributed by atoms with Gasteiger partial charge in [-0.25, -0.2) is 22.2 Å². The number of imidazole rings is 1. The number of aromatic amines is 1. The van der Waals surface area contributed by atoms with E-state index in [2.05, 4.69) is 16.5 Å². The van der Waals surface area contributed by atoms with Gasteiger partial charge in [0.25, 0.3) is 15.6 Å². The van der Waals surface area contributed by atoms with Crippen molar-refractivity contribution in [3.05, 3.63) is 95.3 Å². The molecule has 0 spiro atoms. The molecule has 0 aliphatic carbocycles. The van der Waals surface area contributed by atoms with Crippen LogP contribution in [0.25, 0.3) is 33.1 Å². The van der Waals surface area contributed by atoms with Crippen molar-refractivity contribution in [2.45, 2.75) is 24.8 Å². The lowest BCUT2D eigenvalue weighted by atomic mass is 9.99. The lowest BCUT2D eigenvalue weighted by Gasteiger charge is -2.14. The van der Waals surface area contributed by atoms with Gasteiger partial charge in [-0.15, -0.1) is 6.58 Å². The van der Waals surface area contributed by atoms with Crippen LogP contribution in [-0.4, -0.2) is 40.0 Å². The quantitative estimate of drug-likeness (QED) is 0.255. The molecule has 1 N–H and O–H groups in total. The highest BCUT2D eigenvalue weighted by Gasteiger charge is 2.25. The SMILES string of the molecule is C=CCCn1cc(-c2cc(C(=O)OC)cc3[nH]cnc23)c2ccn(S(=O)(=O)c3ccc(C)cc3)c2c1=O. The maximum absolute atomic E-state index is 13.6. The van der Waals surface area contributed by atoms with Crippen molar-refractivity contribution >= 4 is 37.9 Å². The van der Waals surface area contributed by atoms with Crippen molar-refractivity contribution in [2.24, 2.45) is 0 Å². The number of hydrogen-bond donors (Lipinski definition) is 1. The standard InChI is InChI=1S/C27H24N4O5S/c1-4-5-11-30-15-22(21-13-18(27(33)36-3)14-23-24(21)29-16-28-23)20-10-12-31(25(20)26(30)32)37(34,35)19-8-6-17(2)7-9-19/h4,6-10,12-16H,1,5,11H2,2-3H3,(H,28,29). The molecule has 0 aliphatic heterocycles. The van der Waals surface area contributed by atoms with Crippen LogP contribution >= 0.6 is 0 Å². The second kappa shape index (κ2) is 9.21. The van der Waals surface area contributed by atoms with E-state index in [1.807, 2.05) is 6.92 Å². The first-order valence-corrected chi connectivity index (χ1v) is 12.9. The van der Waals surface area contributed by atoms with Crippen molar-refractivity contribution in [1.82, 2.24) is 18.5 Å². The molecule has 188 valence electrons. The van der Waals surface area contributed by atoms with Gasteiger partial charge in [0.1, 0.15) is 5.52 Å². The molecule has 5 rings (SSSR count). The zero-order valence-electron chi connectivity index (χ0n) is 20.3. The maximum atomic E-state index is 13.6. The number of aryl methyl sites for hydroxylation is 2. The highest BCUT2D eigenvalue weighted by atomic mass is 32.2. The summed E-state index contributed by atoms with van der Waals surface area (Å²) < 4.78 is 34.6. The highest BCUT2D eigenvalue weighted by molar-refractivity contribution is 7.90. The molecule has 2 aromatic carbocycles. The second-order valence-corrected chi connectivity index (χ2v) is 10.4. The molecule has 10 heteroatoms. The highest BCUT2D eigenvalue weighted by Crippen LogP contribution is 2.34. The number of rotatable bonds is 7. The Balaban J connectivity index is 1.85. The van der Waals surface area contributed by atoms with Crippen molar-refractivity contribution in [3.63, 3.8) is 0 Å². The van der Waals surface area contributed by atoms with E-state index in [-0.39, 0.29) is 16.0 Å². The number of ether oxygens (including phenoxy) is 1. The number of H-pyrrole nitrogens is 1. The lowest BCUT2D eigenvalue weighted by Crippen LogP contribution is -2.24. The third-order valence-corrected chi connectivity index (χ3v) is 7.97. The predicted molar refractivity (Wildman–Crippen MR) is 141 cm³/mol. The Hall–Kier alpha value is -4.44. The zero-order chi connectivity index (χ0) is 26.3. The van der Waals surface area contributed by atoms with Crippen molar-refractivity contribution in [2.75, 3.05) is 7.11 Å². The van der Waals surface area contributed by atoms with E-state index in [0.29, 0.717) is 40.5 Å². The average molecular weight is 517 g/mol. The first kappa shape index (κ1) is 24.3. The van der Waals surface area contributed by atoms with Gasteiger partial charge in [-0.05, 0) is 43.7 Å². The van der Waals surface area contributed by atoms with Gasteiger partial charge in [-0.1, -0.05) is 23.8 Å². The minimum atomic E-state index is -4.07. The molecule has 0 bridgehead atoms. The minimum Gasteiger partial charge on any atom is -0.465 e. The first-order valence-electron chi connectivity index (χ1n) is 11.5. The van der Waals surface area contributed by atoms with Crippen LogP contribution < -0.4 is 5.56 Å². The summed E-state index contributed by atoms with van der Waals surface area (Å²) in [4.78, 5) is 33.5. The van der Waals surface area contributed by atoms with Crippen LogP contribution in [0.1, 0.15) is 22.3 Å². The van der Waals surface area contributed by atoms with E-state index in [0.717, 1.165) is 9.54 Å². The number of nitrogens with zero attached hydrogens (tertiary/aromatic N) is 3. The molecule has 0 saturated heterocycles. The predicted octanol–water partition coefficient (Wildman–Crippen LogP) is 4.25. The monoisotopic (exact) mass is 516 g/mol. The number of allylic oxidation sites excluding steroid dienone is 1. The van der Waals surface area contributed by atoms with Crippen LogP contribution in [0.2, 0.25) is 0 Å². The number of carbonyl (C=O) groups is 1. The topological polar surface area (TPSA) is 116 Å². The fourth-order valence-electron chi connectivity index (χ4n) is 4.39. The van der Waals surface area contributed by atoms with E-state index in [1.54, 1.807) is 42.6 Å². The number of esters is 1. The summed E-state index contributed by atoms with van der Waals surface area (Å²) in [6.45, 7) is 5.89. The van der Waals surface area contributed by atoms with E-state index in [1.165, 1.54) is 36.3 Å². The van der Waals surface area contributed by atoms with Gasteiger partial charge >= 0.3 is 5.97 Å². The Labute approximate surface area is 212 Å². The molecule has 0 saturated carbocycles. The Bertz CT molecular complexity index is 1840. The largest absolute Gasteiger partial charge is 0.465 e. The second-order valence-electron chi connectivity index (χ2n) is 8.62. The zero-order valence-corrected chi connectivity index (χ0v) is 21.1. The van der Waals surface area contributed by atoms with E-state index in [9.17, 15) is 18.0 Å². The molecule has 3 aromatic heterocycles.